The largest absolute Gasteiger partial charge is 0.313 e. The highest BCUT2D eigenvalue weighted by Gasteiger charge is 2.27. The van der Waals surface area contributed by atoms with Crippen LogP contribution in [0.15, 0.2) is 24.3 Å². The van der Waals surface area contributed by atoms with Crippen molar-refractivity contribution in [2.75, 3.05) is 23.7 Å². The molecule has 1 atom stereocenters. The van der Waals surface area contributed by atoms with Crippen LogP contribution in [-0.2, 0) is 10.0 Å². The number of fused-ring (bicyclic) bond motifs is 1. The van der Waals surface area contributed by atoms with E-state index in [-0.39, 0.29) is 11.8 Å². The van der Waals surface area contributed by atoms with Crippen molar-refractivity contribution in [3.8, 4) is 0 Å². The molecule has 0 bridgehead atoms. The molecular weight excluding hydrogens is 248 g/mol. The predicted molar refractivity (Wildman–Crippen MR) is 74.3 cm³/mol. The van der Waals surface area contributed by atoms with Gasteiger partial charge in [-0.25, -0.2) is 8.42 Å². The van der Waals surface area contributed by atoms with Crippen molar-refractivity contribution in [1.29, 1.82) is 0 Å². The van der Waals surface area contributed by atoms with E-state index in [1.165, 1.54) is 0 Å². The van der Waals surface area contributed by atoms with Crippen molar-refractivity contribution in [2.45, 2.75) is 25.8 Å². The fourth-order valence-electron chi connectivity index (χ4n) is 2.47. The predicted octanol–water partition coefficient (Wildman–Crippen LogP) is 1.90. The first-order valence-electron chi connectivity index (χ1n) is 6.36. The quantitative estimate of drug-likeness (QED) is 0.911. The molecule has 18 heavy (non-hydrogen) atoms. The van der Waals surface area contributed by atoms with Crippen LogP contribution in [0.1, 0.15) is 31.4 Å². The van der Waals surface area contributed by atoms with Gasteiger partial charge >= 0.3 is 0 Å². The number of rotatable bonds is 3. The number of para-hydroxylation sites is 1. The van der Waals surface area contributed by atoms with Gasteiger partial charge in [-0.05, 0) is 38.4 Å². The van der Waals surface area contributed by atoms with Crippen molar-refractivity contribution >= 4 is 15.7 Å². The third-order valence-electron chi connectivity index (χ3n) is 3.48. The van der Waals surface area contributed by atoms with Gasteiger partial charge in [-0.15, -0.1) is 0 Å². The highest BCUT2D eigenvalue weighted by Crippen LogP contribution is 2.34. The van der Waals surface area contributed by atoms with Crippen molar-refractivity contribution in [1.82, 2.24) is 5.32 Å². The minimum Gasteiger partial charge on any atom is -0.313 e. The van der Waals surface area contributed by atoms with Crippen LogP contribution in [0.4, 0.5) is 5.69 Å². The molecule has 100 valence electrons. The van der Waals surface area contributed by atoms with Gasteiger partial charge in [-0.3, -0.25) is 4.31 Å². The third kappa shape index (κ3) is 2.37. The number of anilines is 1. The van der Waals surface area contributed by atoms with Crippen LogP contribution >= 0.6 is 0 Å². The summed E-state index contributed by atoms with van der Waals surface area (Å²) >= 11 is 0. The minimum absolute atomic E-state index is 0.144. The molecule has 0 aromatic heterocycles. The van der Waals surface area contributed by atoms with E-state index in [4.69, 9.17) is 0 Å². The summed E-state index contributed by atoms with van der Waals surface area (Å²) in [4.78, 5) is 0. The minimum atomic E-state index is -3.18. The smallest absolute Gasteiger partial charge is 0.234 e. The van der Waals surface area contributed by atoms with Crippen LogP contribution < -0.4 is 9.62 Å². The summed E-state index contributed by atoms with van der Waals surface area (Å²) < 4.78 is 25.9. The Labute approximate surface area is 109 Å². The monoisotopic (exact) mass is 268 g/mol. The maximum atomic E-state index is 12.2. The Kier molecular flexibility index (Phi) is 3.92. The summed E-state index contributed by atoms with van der Waals surface area (Å²) in [6.45, 7) is 2.27. The lowest BCUT2D eigenvalue weighted by Gasteiger charge is -2.24. The molecule has 1 aliphatic heterocycles. The zero-order chi connectivity index (χ0) is 13.2. The molecule has 0 amide bonds. The van der Waals surface area contributed by atoms with Crippen LogP contribution in [0, 0.1) is 0 Å². The van der Waals surface area contributed by atoms with Gasteiger partial charge in [0.2, 0.25) is 10.0 Å². The second-order valence-corrected chi connectivity index (χ2v) is 6.70. The third-order valence-corrected chi connectivity index (χ3v) is 5.26. The van der Waals surface area contributed by atoms with Gasteiger partial charge < -0.3 is 5.32 Å². The van der Waals surface area contributed by atoms with Crippen molar-refractivity contribution in [3.05, 3.63) is 29.8 Å². The summed E-state index contributed by atoms with van der Waals surface area (Å²) in [5.41, 5.74) is 1.91. The average molecular weight is 268 g/mol. The molecule has 0 saturated heterocycles. The van der Waals surface area contributed by atoms with Gasteiger partial charge in [0.1, 0.15) is 0 Å². The number of hydrogen-bond acceptors (Lipinski definition) is 3. The van der Waals surface area contributed by atoms with Gasteiger partial charge in [0.15, 0.2) is 0 Å². The Balaban J connectivity index is 2.52. The lowest BCUT2D eigenvalue weighted by molar-refractivity contribution is 0.543. The van der Waals surface area contributed by atoms with Gasteiger partial charge in [0.05, 0.1) is 11.4 Å². The summed E-state index contributed by atoms with van der Waals surface area (Å²) in [6, 6.07) is 8.01. The molecule has 1 aromatic rings. The molecule has 2 rings (SSSR count). The van der Waals surface area contributed by atoms with E-state index >= 15 is 0 Å². The van der Waals surface area contributed by atoms with Crippen LogP contribution in [0.2, 0.25) is 0 Å². The fourth-order valence-corrected chi connectivity index (χ4v) is 3.65. The van der Waals surface area contributed by atoms with E-state index in [9.17, 15) is 8.42 Å². The first kappa shape index (κ1) is 13.4. The van der Waals surface area contributed by atoms with Crippen molar-refractivity contribution in [2.24, 2.45) is 0 Å². The molecule has 1 aliphatic rings. The molecule has 1 aromatic carbocycles. The summed E-state index contributed by atoms with van der Waals surface area (Å²) in [5, 5.41) is 3.27. The Hall–Kier alpha value is -1.07. The Bertz CT molecular complexity index is 513. The zero-order valence-corrected chi connectivity index (χ0v) is 11.7. The first-order chi connectivity index (χ1) is 8.60. The molecule has 1 N–H and O–H groups in total. The molecular formula is C13H20N2O2S. The molecule has 0 aliphatic carbocycles. The molecule has 1 unspecified atom stereocenters. The van der Waals surface area contributed by atoms with E-state index < -0.39 is 10.0 Å². The summed E-state index contributed by atoms with van der Waals surface area (Å²) in [5.74, 6) is 0.144. The maximum absolute atomic E-state index is 12.2. The Morgan fingerprint density at radius 2 is 2.11 bits per heavy atom. The topological polar surface area (TPSA) is 49.4 Å². The van der Waals surface area contributed by atoms with Crippen LogP contribution in [-0.4, -0.2) is 27.8 Å². The van der Waals surface area contributed by atoms with Crippen LogP contribution in [0.5, 0.6) is 0 Å². The Morgan fingerprint density at radius 1 is 1.39 bits per heavy atom. The zero-order valence-electron chi connectivity index (χ0n) is 10.9. The molecule has 1 heterocycles. The van der Waals surface area contributed by atoms with Crippen molar-refractivity contribution in [3.63, 3.8) is 0 Å². The SMILES string of the molecule is CCS(=O)(=O)N1CCCC(NC)c2ccccc21. The second-order valence-electron chi connectivity index (χ2n) is 4.52. The number of hydrogen-bond donors (Lipinski definition) is 1. The molecule has 0 fully saturated rings. The second kappa shape index (κ2) is 5.28. The number of benzene rings is 1. The highest BCUT2D eigenvalue weighted by molar-refractivity contribution is 7.92. The van der Waals surface area contributed by atoms with E-state index in [1.54, 1.807) is 11.2 Å². The summed E-state index contributed by atoms with van der Waals surface area (Å²) in [7, 11) is -1.26. The van der Waals surface area contributed by atoms with Gasteiger partial charge in [-0.2, -0.15) is 0 Å². The fraction of sp³-hybridized carbons (Fsp3) is 0.538. The molecule has 0 saturated carbocycles. The molecule has 5 heteroatoms. The van der Waals surface area contributed by atoms with E-state index in [0.717, 1.165) is 24.1 Å². The van der Waals surface area contributed by atoms with Gasteiger partial charge in [0.25, 0.3) is 0 Å². The standard InChI is InChI=1S/C13H20N2O2S/c1-3-18(16,17)15-10-6-8-12(14-2)11-7-4-5-9-13(11)15/h4-5,7,9,12,14H,3,6,8,10H2,1-2H3. The Morgan fingerprint density at radius 3 is 2.78 bits per heavy atom. The summed E-state index contributed by atoms with van der Waals surface area (Å²) in [6.07, 6.45) is 1.84. The number of nitrogens with one attached hydrogen (secondary N) is 1. The maximum Gasteiger partial charge on any atom is 0.234 e. The van der Waals surface area contributed by atoms with Gasteiger partial charge in [0, 0.05) is 12.6 Å². The van der Waals surface area contributed by atoms with E-state index in [0.29, 0.717) is 6.54 Å². The van der Waals surface area contributed by atoms with Crippen LogP contribution in [0.3, 0.4) is 0 Å². The number of nitrogens with zero attached hydrogens (tertiary/aromatic N) is 1. The van der Waals surface area contributed by atoms with Crippen molar-refractivity contribution < 1.29 is 8.42 Å². The highest BCUT2D eigenvalue weighted by atomic mass is 32.2. The van der Waals surface area contributed by atoms with E-state index in [1.807, 2.05) is 31.3 Å². The lowest BCUT2D eigenvalue weighted by Crippen LogP contribution is -2.33. The molecule has 0 spiro atoms. The normalized spacial score (nSPS) is 20.3. The van der Waals surface area contributed by atoms with Crippen LogP contribution in [0.25, 0.3) is 0 Å². The van der Waals surface area contributed by atoms with Gasteiger partial charge in [-0.1, -0.05) is 18.2 Å². The average Bonchev–Trinajstić information content (AvgIpc) is 2.58. The number of sulfonamides is 1. The molecule has 4 nitrogen and oxygen atoms in total. The van der Waals surface area contributed by atoms with E-state index in [2.05, 4.69) is 5.32 Å². The first-order valence-corrected chi connectivity index (χ1v) is 7.97. The molecule has 0 radical (unpaired) electrons. The lowest BCUT2D eigenvalue weighted by atomic mass is 10.0.